The average molecular weight is 337 g/mol. The molecule has 1 fully saturated rings. The van der Waals surface area contributed by atoms with Gasteiger partial charge in [0, 0.05) is 26.2 Å². The lowest BCUT2D eigenvalue weighted by atomic mass is 9.81. The molecule has 0 spiro atoms. The molecule has 136 valence electrons. The van der Waals surface area contributed by atoms with Crippen LogP contribution in [0.4, 0.5) is 0 Å². The third kappa shape index (κ3) is 4.18. The zero-order valence-corrected chi connectivity index (χ0v) is 15.1. The van der Waals surface area contributed by atoms with E-state index in [2.05, 4.69) is 10.2 Å². The molecule has 0 saturated carbocycles. The third-order valence-electron chi connectivity index (χ3n) is 5.26. The minimum Gasteiger partial charge on any atom is -0.465 e. The van der Waals surface area contributed by atoms with Crippen LogP contribution in [0.3, 0.4) is 0 Å². The van der Waals surface area contributed by atoms with Crippen molar-refractivity contribution in [2.75, 3.05) is 39.4 Å². The number of hydrogen-bond acceptors (Lipinski definition) is 5. The number of hydrogen-bond donors (Lipinski definition) is 2. The molecular weight excluding hydrogens is 306 g/mol. The standard InChI is InChI=1S/C18H31N3O3/c1-4-18(5-2,13-19)17(22)20-12-15(16-7-6-14(3)24-16)21-8-10-23-11-9-21/h6-7,15H,4-5,8-13,19H2,1-3H3,(H,20,22). The molecule has 24 heavy (non-hydrogen) atoms. The van der Waals surface area contributed by atoms with Crippen LogP contribution >= 0.6 is 0 Å². The Morgan fingerprint density at radius 2 is 2.00 bits per heavy atom. The van der Waals surface area contributed by atoms with Gasteiger partial charge < -0.3 is 20.2 Å². The van der Waals surface area contributed by atoms with Gasteiger partial charge in [0.2, 0.25) is 5.91 Å². The molecule has 1 unspecified atom stereocenters. The number of aryl methyl sites for hydroxylation is 1. The number of nitrogens with two attached hydrogens (primary N) is 1. The number of morpholine rings is 1. The Labute approximate surface area is 144 Å². The maximum atomic E-state index is 12.7. The average Bonchev–Trinajstić information content (AvgIpc) is 3.04. The van der Waals surface area contributed by atoms with Crippen LogP contribution < -0.4 is 11.1 Å². The number of nitrogens with one attached hydrogen (secondary N) is 1. The molecule has 1 aliphatic rings. The molecular formula is C18H31N3O3. The number of ether oxygens (including phenoxy) is 1. The number of furan rings is 1. The van der Waals surface area contributed by atoms with Gasteiger partial charge in [-0.1, -0.05) is 13.8 Å². The molecule has 6 heteroatoms. The second-order valence-corrected chi connectivity index (χ2v) is 6.51. The van der Waals surface area contributed by atoms with E-state index in [-0.39, 0.29) is 11.9 Å². The zero-order chi connectivity index (χ0) is 17.6. The number of carbonyl (C=O) groups excluding carboxylic acids is 1. The topological polar surface area (TPSA) is 80.7 Å². The van der Waals surface area contributed by atoms with E-state index in [1.54, 1.807) is 0 Å². The molecule has 0 radical (unpaired) electrons. The fraction of sp³-hybridized carbons (Fsp3) is 0.722. The van der Waals surface area contributed by atoms with E-state index in [1.165, 1.54) is 0 Å². The largest absolute Gasteiger partial charge is 0.465 e. The summed E-state index contributed by atoms with van der Waals surface area (Å²) in [6.07, 6.45) is 1.49. The molecule has 6 nitrogen and oxygen atoms in total. The molecule has 1 aliphatic heterocycles. The molecule has 1 aromatic heterocycles. The van der Waals surface area contributed by atoms with Crippen LogP contribution in [-0.4, -0.2) is 50.2 Å². The first-order chi connectivity index (χ1) is 11.6. The Hall–Kier alpha value is -1.37. The Morgan fingerprint density at radius 3 is 2.50 bits per heavy atom. The molecule has 2 heterocycles. The molecule has 0 aliphatic carbocycles. The van der Waals surface area contributed by atoms with Crippen molar-refractivity contribution in [2.45, 2.75) is 39.7 Å². The number of carbonyl (C=O) groups is 1. The van der Waals surface area contributed by atoms with Crippen LogP contribution in [0.2, 0.25) is 0 Å². The van der Waals surface area contributed by atoms with Gasteiger partial charge in [-0.2, -0.15) is 0 Å². The smallest absolute Gasteiger partial charge is 0.227 e. The second kappa shape index (κ2) is 8.65. The monoisotopic (exact) mass is 337 g/mol. The van der Waals surface area contributed by atoms with Crippen LogP contribution in [0.15, 0.2) is 16.5 Å². The van der Waals surface area contributed by atoms with Crippen LogP contribution in [0.5, 0.6) is 0 Å². The van der Waals surface area contributed by atoms with Crippen molar-refractivity contribution >= 4 is 5.91 Å². The van der Waals surface area contributed by atoms with Crippen LogP contribution in [0.1, 0.15) is 44.3 Å². The molecule has 1 aromatic rings. The summed E-state index contributed by atoms with van der Waals surface area (Å²) in [5.41, 5.74) is 5.41. The number of rotatable bonds is 8. The highest BCUT2D eigenvalue weighted by Gasteiger charge is 2.34. The van der Waals surface area contributed by atoms with Gasteiger partial charge >= 0.3 is 0 Å². The number of amides is 1. The van der Waals surface area contributed by atoms with E-state index in [4.69, 9.17) is 14.9 Å². The van der Waals surface area contributed by atoms with E-state index in [1.807, 2.05) is 32.9 Å². The normalized spacial score (nSPS) is 17.7. The molecule has 3 N–H and O–H groups in total. The minimum atomic E-state index is -0.478. The maximum Gasteiger partial charge on any atom is 0.227 e. The number of nitrogens with zero attached hydrogens (tertiary/aromatic N) is 1. The van der Waals surface area contributed by atoms with Crippen LogP contribution in [0, 0.1) is 12.3 Å². The van der Waals surface area contributed by atoms with Gasteiger partial charge in [0.25, 0.3) is 0 Å². The molecule has 1 saturated heterocycles. The molecule has 0 aromatic carbocycles. The SMILES string of the molecule is CCC(CC)(CN)C(=O)NCC(c1ccc(C)o1)N1CCOCC1. The van der Waals surface area contributed by atoms with Gasteiger partial charge in [-0.3, -0.25) is 9.69 Å². The van der Waals surface area contributed by atoms with Gasteiger partial charge in [-0.05, 0) is 31.9 Å². The lowest BCUT2D eigenvalue weighted by Crippen LogP contribution is -2.49. The van der Waals surface area contributed by atoms with Gasteiger partial charge in [-0.25, -0.2) is 0 Å². The van der Waals surface area contributed by atoms with E-state index < -0.39 is 5.41 Å². The van der Waals surface area contributed by atoms with Crippen molar-refractivity contribution in [2.24, 2.45) is 11.1 Å². The van der Waals surface area contributed by atoms with E-state index in [0.29, 0.717) is 26.3 Å². The predicted molar refractivity (Wildman–Crippen MR) is 93.7 cm³/mol. The summed E-state index contributed by atoms with van der Waals surface area (Å²) >= 11 is 0. The fourth-order valence-electron chi connectivity index (χ4n) is 3.26. The summed E-state index contributed by atoms with van der Waals surface area (Å²) in [6.45, 7) is 9.96. The summed E-state index contributed by atoms with van der Waals surface area (Å²) in [5, 5.41) is 3.12. The van der Waals surface area contributed by atoms with E-state index >= 15 is 0 Å². The van der Waals surface area contributed by atoms with Crippen molar-refractivity contribution in [1.82, 2.24) is 10.2 Å². The van der Waals surface area contributed by atoms with Crippen LogP contribution in [0.25, 0.3) is 0 Å². The van der Waals surface area contributed by atoms with Crippen molar-refractivity contribution in [3.8, 4) is 0 Å². The highest BCUT2D eigenvalue weighted by atomic mass is 16.5. The third-order valence-corrected chi connectivity index (χ3v) is 5.26. The quantitative estimate of drug-likeness (QED) is 0.756. The van der Waals surface area contributed by atoms with Gasteiger partial charge in [0.15, 0.2) is 0 Å². The lowest BCUT2D eigenvalue weighted by molar-refractivity contribution is -0.131. The summed E-state index contributed by atoms with van der Waals surface area (Å²) < 4.78 is 11.3. The van der Waals surface area contributed by atoms with E-state index in [0.717, 1.165) is 37.5 Å². The summed E-state index contributed by atoms with van der Waals surface area (Å²) in [6, 6.07) is 3.99. The molecule has 0 bridgehead atoms. The Morgan fingerprint density at radius 1 is 1.33 bits per heavy atom. The summed E-state index contributed by atoms with van der Waals surface area (Å²) in [5.74, 6) is 1.81. The molecule has 1 atom stereocenters. The first kappa shape index (κ1) is 19.0. The van der Waals surface area contributed by atoms with Gasteiger partial charge in [0.05, 0.1) is 24.7 Å². The molecule has 2 rings (SSSR count). The van der Waals surface area contributed by atoms with E-state index in [9.17, 15) is 4.79 Å². The van der Waals surface area contributed by atoms with Gasteiger partial charge in [0.1, 0.15) is 11.5 Å². The summed E-state index contributed by atoms with van der Waals surface area (Å²) in [4.78, 5) is 15.0. The summed E-state index contributed by atoms with van der Waals surface area (Å²) in [7, 11) is 0. The first-order valence-corrected chi connectivity index (χ1v) is 8.92. The Bertz CT molecular complexity index is 511. The first-order valence-electron chi connectivity index (χ1n) is 8.92. The predicted octanol–water partition coefficient (Wildman–Crippen LogP) is 1.84. The zero-order valence-electron chi connectivity index (χ0n) is 15.1. The highest BCUT2D eigenvalue weighted by molar-refractivity contribution is 5.82. The minimum absolute atomic E-state index is 0.0238. The van der Waals surface area contributed by atoms with Crippen LogP contribution in [-0.2, 0) is 9.53 Å². The van der Waals surface area contributed by atoms with Crippen molar-refractivity contribution in [1.29, 1.82) is 0 Å². The molecule has 1 amide bonds. The van der Waals surface area contributed by atoms with Crippen molar-refractivity contribution < 1.29 is 13.9 Å². The van der Waals surface area contributed by atoms with Crippen molar-refractivity contribution in [3.63, 3.8) is 0 Å². The highest BCUT2D eigenvalue weighted by Crippen LogP contribution is 2.27. The van der Waals surface area contributed by atoms with Crippen molar-refractivity contribution in [3.05, 3.63) is 23.7 Å². The Balaban J connectivity index is 2.09. The second-order valence-electron chi connectivity index (χ2n) is 6.51. The fourth-order valence-corrected chi connectivity index (χ4v) is 3.26. The lowest BCUT2D eigenvalue weighted by Gasteiger charge is -2.35. The Kier molecular flexibility index (Phi) is 6.83. The van der Waals surface area contributed by atoms with Gasteiger partial charge in [-0.15, -0.1) is 0 Å². The maximum absolute atomic E-state index is 12.7.